The molecule has 0 spiro atoms. The topological polar surface area (TPSA) is 111 Å². The van der Waals surface area contributed by atoms with Gasteiger partial charge in [-0.1, -0.05) is 0 Å². The van der Waals surface area contributed by atoms with Crippen molar-refractivity contribution in [1.82, 2.24) is 14.5 Å². The molecule has 0 bridgehead atoms. The van der Waals surface area contributed by atoms with Gasteiger partial charge in [-0.15, -0.1) is 0 Å². The second-order valence-corrected chi connectivity index (χ2v) is 5.91. The number of carbonyl (C=O) groups excluding carboxylic acids is 1. The zero-order chi connectivity index (χ0) is 19.0. The van der Waals surface area contributed by atoms with E-state index in [0.29, 0.717) is 30.1 Å². The van der Waals surface area contributed by atoms with Crippen LogP contribution in [-0.4, -0.2) is 46.3 Å². The van der Waals surface area contributed by atoms with Crippen LogP contribution in [0.4, 0.5) is 5.82 Å². The lowest BCUT2D eigenvalue weighted by molar-refractivity contribution is 0.0995. The fraction of sp³-hybridized carbons (Fsp3) is 0.222. The molecule has 1 aliphatic heterocycles. The molecule has 9 nitrogen and oxygen atoms in total. The van der Waals surface area contributed by atoms with E-state index in [0.717, 1.165) is 11.2 Å². The molecule has 0 saturated carbocycles. The number of aromatic nitrogens is 3. The lowest BCUT2D eigenvalue weighted by Gasteiger charge is -2.12. The molecule has 4 rings (SSSR count). The van der Waals surface area contributed by atoms with Gasteiger partial charge in [-0.05, 0) is 12.1 Å². The summed E-state index contributed by atoms with van der Waals surface area (Å²) < 4.78 is 12.5. The Bertz CT molecular complexity index is 1120. The number of nitrogens with one attached hydrogen (secondary N) is 1. The van der Waals surface area contributed by atoms with Crippen LogP contribution < -0.4 is 20.4 Å². The van der Waals surface area contributed by atoms with Gasteiger partial charge in [-0.2, -0.15) is 4.99 Å². The number of hydrogen-bond acceptors (Lipinski definition) is 7. The van der Waals surface area contributed by atoms with Crippen molar-refractivity contribution in [3.8, 4) is 17.2 Å². The highest BCUT2D eigenvalue weighted by Crippen LogP contribution is 2.34. The van der Waals surface area contributed by atoms with Crippen molar-refractivity contribution in [1.29, 1.82) is 0 Å². The van der Waals surface area contributed by atoms with Crippen LogP contribution in [0, 0.1) is 0 Å². The van der Waals surface area contributed by atoms with Crippen LogP contribution in [-0.2, 0) is 6.54 Å². The summed E-state index contributed by atoms with van der Waals surface area (Å²) in [7, 11) is 3.12. The molecular formula is C18H17N5O4. The van der Waals surface area contributed by atoms with Gasteiger partial charge in [0.25, 0.3) is 5.91 Å². The van der Waals surface area contributed by atoms with Gasteiger partial charge in [-0.3, -0.25) is 14.3 Å². The quantitative estimate of drug-likeness (QED) is 0.718. The maximum Gasteiger partial charge on any atom is 0.281 e. The highest BCUT2D eigenvalue weighted by molar-refractivity contribution is 5.95. The van der Waals surface area contributed by atoms with Crippen molar-refractivity contribution in [2.24, 2.45) is 4.99 Å². The Labute approximate surface area is 153 Å². The Morgan fingerprint density at radius 1 is 1.22 bits per heavy atom. The van der Waals surface area contributed by atoms with Crippen LogP contribution in [0.5, 0.6) is 17.2 Å². The monoisotopic (exact) mass is 367 g/mol. The summed E-state index contributed by atoms with van der Waals surface area (Å²) in [5.74, 6) is 1.30. The minimum absolute atomic E-state index is 0.0982. The molecule has 27 heavy (non-hydrogen) atoms. The maximum atomic E-state index is 12.5. The number of carbonyl (C=O) groups is 1. The Morgan fingerprint density at radius 2 is 2.00 bits per heavy atom. The highest BCUT2D eigenvalue weighted by atomic mass is 16.5. The fourth-order valence-corrected chi connectivity index (χ4v) is 3.04. The molecule has 9 heteroatoms. The second kappa shape index (κ2) is 6.60. The van der Waals surface area contributed by atoms with E-state index < -0.39 is 5.91 Å². The number of pyridine rings is 1. The number of methoxy groups -OCH3 is 2. The summed E-state index contributed by atoms with van der Waals surface area (Å²) in [6.07, 6.45) is 2.60. The predicted octanol–water partition coefficient (Wildman–Crippen LogP) is 1.32. The largest absolute Gasteiger partial charge is 0.506 e. The van der Waals surface area contributed by atoms with Gasteiger partial charge in [0, 0.05) is 30.7 Å². The highest BCUT2D eigenvalue weighted by Gasteiger charge is 2.19. The smallest absolute Gasteiger partial charge is 0.281 e. The Morgan fingerprint density at radius 3 is 2.74 bits per heavy atom. The summed E-state index contributed by atoms with van der Waals surface area (Å²) in [6.45, 7) is 1.32. The summed E-state index contributed by atoms with van der Waals surface area (Å²) in [4.78, 5) is 25.0. The standard InChI is InChI=1S/C18H17N5O4/c1-26-14-6-12-13(7-15(14)27-2)21-18(23-4-3-20-16(12)23)22-17(25)10-5-11(24)9-19-8-10/h5-9,20,24H,3-4H2,1-2H3. The van der Waals surface area contributed by atoms with E-state index in [4.69, 9.17) is 9.47 Å². The van der Waals surface area contributed by atoms with Crippen LogP contribution in [0.3, 0.4) is 0 Å². The van der Waals surface area contributed by atoms with E-state index in [-0.39, 0.29) is 16.9 Å². The van der Waals surface area contributed by atoms with Crippen molar-refractivity contribution in [2.45, 2.75) is 6.54 Å². The van der Waals surface area contributed by atoms with Crippen LogP contribution in [0.25, 0.3) is 10.9 Å². The van der Waals surface area contributed by atoms with Gasteiger partial charge in [0.15, 0.2) is 11.5 Å². The Kier molecular flexibility index (Phi) is 4.11. The minimum Gasteiger partial charge on any atom is -0.506 e. The molecule has 0 fully saturated rings. The van der Waals surface area contributed by atoms with Crippen LogP contribution in [0.2, 0.25) is 0 Å². The molecule has 0 saturated heterocycles. The zero-order valence-corrected chi connectivity index (χ0v) is 14.8. The van der Waals surface area contributed by atoms with Gasteiger partial charge in [0.1, 0.15) is 11.6 Å². The fourth-order valence-electron chi connectivity index (χ4n) is 3.04. The van der Waals surface area contributed by atoms with Crippen molar-refractivity contribution in [3.05, 3.63) is 41.8 Å². The normalized spacial score (nSPS) is 13.3. The zero-order valence-electron chi connectivity index (χ0n) is 14.8. The summed E-state index contributed by atoms with van der Waals surface area (Å²) in [6, 6.07) is 4.90. The molecule has 1 aromatic carbocycles. The van der Waals surface area contributed by atoms with Crippen molar-refractivity contribution in [3.63, 3.8) is 0 Å². The first-order valence-electron chi connectivity index (χ1n) is 8.24. The molecule has 0 aliphatic carbocycles. The lowest BCUT2D eigenvalue weighted by atomic mass is 10.2. The Balaban J connectivity index is 1.92. The van der Waals surface area contributed by atoms with E-state index >= 15 is 0 Å². The van der Waals surface area contributed by atoms with Gasteiger partial charge in [0.05, 0.1) is 31.5 Å². The SMILES string of the molecule is COc1cc2nc(=NC(=O)c3cncc(O)c3)n3c(c2cc1OC)NCC3. The first-order valence-corrected chi connectivity index (χ1v) is 8.24. The molecule has 2 aromatic heterocycles. The van der Waals surface area contributed by atoms with E-state index in [9.17, 15) is 9.90 Å². The third kappa shape index (κ3) is 2.92. The number of hydrogen-bond donors (Lipinski definition) is 2. The van der Waals surface area contributed by atoms with Gasteiger partial charge >= 0.3 is 0 Å². The summed E-state index contributed by atoms with van der Waals surface area (Å²) in [5, 5.41) is 13.7. The van der Waals surface area contributed by atoms with E-state index in [1.807, 2.05) is 10.6 Å². The summed E-state index contributed by atoms with van der Waals surface area (Å²) >= 11 is 0. The lowest BCUT2D eigenvalue weighted by Crippen LogP contribution is -2.24. The van der Waals surface area contributed by atoms with Gasteiger partial charge in [0.2, 0.25) is 5.62 Å². The van der Waals surface area contributed by atoms with Crippen molar-refractivity contribution >= 4 is 22.6 Å². The predicted molar refractivity (Wildman–Crippen MR) is 97.1 cm³/mol. The second-order valence-electron chi connectivity index (χ2n) is 5.91. The minimum atomic E-state index is -0.535. The average molecular weight is 367 g/mol. The van der Waals surface area contributed by atoms with Gasteiger partial charge in [-0.25, -0.2) is 4.98 Å². The number of amides is 1. The van der Waals surface area contributed by atoms with Crippen LogP contribution in [0.15, 0.2) is 35.6 Å². The number of rotatable bonds is 3. The third-order valence-electron chi connectivity index (χ3n) is 4.29. The molecule has 2 N–H and O–H groups in total. The Hall–Kier alpha value is -3.62. The number of benzene rings is 1. The number of ether oxygens (including phenoxy) is 2. The summed E-state index contributed by atoms with van der Waals surface area (Å²) in [5.41, 5.74) is 1.07. The number of fused-ring (bicyclic) bond motifs is 3. The molecule has 1 amide bonds. The maximum absolute atomic E-state index is 12.5. The molecule has 0 radical (unpaired) electrons. The number of nitrogens with zero attached hydrogens (tertiary/aromatic N) is 4. The first kappa shape index (κ1) is 16.8. The van der Waals surface area contributed by atoms with Crippen LogP contribution >= 0.6 is 0 Å². The van der Waals surface area contributed by atoms with Crippen LogP contribution in [0.1, 0.15) is 10.4 Å². The molecule has 0 unspecified atom stereocenters. The van der Waals surface area contributed by atoms with E-state index in [1.165, 1.54) is 18.5 Å². The van der Waals surface area contributed by atoms with Crippen molar-refractivity contribution in [2.75, 3.05) is 26.1 Å². The number of aromatic hydroxyl groups is 1. The molecule has 3 aromatic rings. The van der Waals surface area contributed by atoms with Gasteiger partial charge < -0.3 is 19.9 Å². The van der Waals surface area contributed by atoms with E-state index in [2.05, 4.69) is 20.3 Å². The molecule has 0 atom stereocenters. The molecule has 1 aliphatic rings. The molecule has 3 heterocycles. The van der Waals surface area contributed by atoms with E-state index in [1.54, 1.807) is 20.3 Å². The molecule has 138 valence electrons. The number of anilines is 1. The molecular weight excluding hydrogens is 350 g/mol. The average Bonchev–Trinajstić information content (AvgIpc) is 3.17. The third-order valence-corrected chi connectivity index (χ3v) is 4.29. The first-order chi connectivity index (χ1) is 13.1. The van der Waals surface area contributed by atoms with Crippen molar-refractivity contribution < 1.29 is 19.4 Å².